The minimum absolute atomic E-state index is 0.0878. The Hall–Kier alpha value is -1.84. The van der Waals surface area contributed by atoms with Gasteiger partial charge in [-0.2, -0.15) is 0 Å². The molecule has 1 unspecified atom stereocenters. The fraction of sp³-hybridized carbons (Fsp3) is 0.500. The van der Waals surface area contributed by atoms with Crippen LogP contribution in [0.25, 0.3) is 0 Å². The number of hydrogen-bond acceptors (Lipinski definition) is 3. The smallest absolute Gasteiger partial charge is 0.310 e. The highest BCUT2D eigenvalue weighted by Crippen LogP contribution is 2.23. The summed E-state index contributed by atoms with van der Waals surface area (Å²) in [6.07, 6.45) is 1.66. The number of hydrogen-bond donors (Lipinski definition) is 0. The molecule has 1 aliphatic rings. The molecule has 2 atom stereocenters. The Morgan fingerprint density at radius 3 is 2.65 bits per heavy atom. The molecule has 1 saturated heterocycles. The third-order valence-electron chi connectivity index (χ3n) is 3.94. The van der Waals surface area contributed by atoms with E-state index in [-0.39, 0.29) is 23.7 Å². The van der Waals surface area contributed by atoms with E-state index in [9.17, 15) is 9.59 Å². The normalized spacial score (nSPS) is 20.3. The van der Waals surface area contributed by atoms with Crippen molar-refractivity contribution in [2.45, 2.75) is 25.7 Å². The van der Waals surface area contributed by atoms with Gasteiger partial charge < -0.3 is 9.64 Å². The van der Waals surface area contributed by atoms with Crippen LogP contribution in [0.2, 0.25) is 0 Å². The van der Waals surface area contributed by atoms with Gasteiger partial charge in [0.05, 0.1) is 18.9 Å². The van der Waals surface area contributed by atoms with Gasteiger partial charge in [0.25, 0.3) is 0 Å². The molecule has 4 heteroatoms. The molecule has 0 spiro atoms. The van der Waals surface area contributed by atoms with Crippen LogP contribution in [0.3, 0.4) is 0 Å². The van der Waals surface area contributed by atoms with Crippen LogP contribution in [-0.4, -0.2) is 37.0 Å². The summed E-state index contributed by atoms with van der Waals surface area (Å²) in [5.41, 5.74) is 1.01. The Morgan fingerprint density at radius 2 is 2.00 bits per heavy atom. The van der Waals surface area contributed by atoms with Gasteiger partial charge in [0.15, 0.2) is 0 Å². The third-order valence-corrected chi connectivity index (χ3v) is 3.94. The first kappa shape index (κ1) is 14.6. The number of nitrogens with zero attached hydrogens (tertiary/aromatic N) is 1. The Morgan fingerprint density at radius 1 is 1.30 bits per heavy atom. The number of rotatable bonds is 3. The highest BCUT2D eigenvalue weighted by Gasteiger charge is 2.31. The summed E-state index contributed by atoms with van der Waals surface area (Å²) in [7, 11) is 1.40. The van der Waals surface area contributed by atoms with Crippen molar-refractivity contribution in [3.05, 3.63) is 35.9 Å². The minimum Gasteiger partial charge on any atom is -0.469 e. The third kappa shape index (κ3) is 3.18. The van der Waals surface area contributed by atoms with Crippen molar-refractivity contribution >= 4 is 11.9 Å². The number of piperidine rings is 1. The van der Waals surface area contributed by atoms with E-state index in [0.717, 1.165) is 24.9 Å². The summed E-state index contributed by atoms with van der Waals surface area (Å²) in [5, 5.41) is 0. The van der Waals surface area contributed by atoms with Gasteiger partial charge in [0, 0.05) is 13.1 Å². The van der Waals surface area contributed by atoms with Gasteiger partial charge in [-0.1, -0.05) is 30.3 Å². The summed E-state index contributed by atoms with van der Waals surface area (Å²) in [5.74, 6) is -0.479. The number of carbonyl (C=O) groups excluding carboxylic acids is 2. The standard InChI is InChI=1S/C16H21NO3/c1-12(13-7-4-3-5-8-13)15(18)17-10-6-9-14(11-17)16(19)20-2/h3-5,7-8,12,14H,6,9-11H2,1-2H3/t12?,14-/m0/s1. The summed E-state index contributed by atoms with van der Waals surface area (Å²) >= 11 is 0. The zero-order chi connectivity index (χ0) is 14.5. The van der Waals surface area contributed by atoms with E-state index in [4.69, 9.17) is 4.74 Å². The van der Waals surface area contributed by atoms with Crippen molar-refractivity contribution < 1.29 is 14.3 Å². The molecule has 0 N–H and O–H groups in total. The summed E-state index contributed by atoms with van der Waals surface area (Å²) in [4.78, 5) is 25.9. The molecule has 1 aliphatic heterocycles. The van der Waals surface area contributed by atoms with E-state index in [1.54, 1.807) is 4.90 Å². The maximum atomic E-state index is 12.5. The molecule has 0 radical (unpaired) electrons. The summed E-state index contributed by atoms with van der Waals surface area (Å²) in [6, 6.07) is 9.74. The first-order valence-electron chi connectivity index (χ1n) is 7.05. The molecule has 1 amide bonds. The van der Waals surface area contributed by atoms with Crippen molar-refractivity contribution in [3.63, 3.8) is 0 Å². The van der Waals surface area contributed by atoms with Crippen molar-refractivity contribution in [1.82, 2.24) is 4.90 Å². The molecule has 1 aromatic carbocycles. The van der Waals surface area contributed by atoms with Crippen molar-refractivity contribution in [2.24, 2.45) is 5.92 Å². The number of ether oxygens (including phenoxy) is 1. The van der Waals surface area contributed by atoms with Crippen LogP contribution in [0.15, 0.2) is 30.3 Å². The number of carbonyl (C=O) groups is 2. The first-order chi connectivity index (χ1) is 9.63. The second-order valence-corrected chi connectivity index (χ2v) is 5.28. The summed E-state index contributed by atoms with van der Waals surface area (Å²) < 4.78 is 4.79. The highest BCUT2D eigenvalue weighted by atomic mass is 16.5. The quantitative estimate of drug-likeness (QED) is 0.794. The van der Waals surface area contributed by atoms with Gasteiger partial charge in [-0.15, -0.1) is 0 Å². The van der Waals surface area contributed by atoms with Crippen molar-refractivity contribution in [3.8, 4) is 0 Å². The van der Waals surface area contributed by atoms with Crippen molar-refractivity contribution in [1.29, 1.82) is 0 Å². The van der Waals surface area contributed by atoms with E-state index < -0.39 is 0 Å². The monoisotopic (exact) mass is 275 g/mol. The van der Waals surface area contributed by atoms with Crippen LogP contribution in [0.1, 0.15) is 31.2 Å². The molecule has 0 aromatic heterocycles. The van der Waals surface area contributed by atoms with Crippen molar-refractivity contribution in [2.75, 3.05) is 20.2 Å². The van der Waals surface area contributed by atoms with Gasteiger partial charge in [0.2, 0.25) is 5.91 Å². The van der Waals surface area contributed by atoms with Gasteiger partial charge in [-0.3, -0.25) is 9.59 Å². The second-order valence-electron chi connectivity index (χ2n) is 5.28. The topological polar surface area (TPSA) is 46.6 Å². The molecule has 1 heterocycles. The average Bonchev–Trinajstić information content (AvgIpc) is 2.53. The fourth-order valence-corrected chi connectivity index (χ4v) is 2.69. The van der Waals surface area contributed by atoms with Crippen LogP contribution in [0.5, 0.6) is 0 Å². The molecular weight excluding hydrogens is 254 g/mol. The Bertz CT molecular complexity index is 472. The molecular formula is C16H21NO3. The average molecular weight is 275 g/mol. The lowest BCUT2D eigenvalue weighted by molar-refractivity contribution is -0.149. The molecule has 0 saturated carbocycles. The largest absolute Gasteiger partial charge is 0.469 e. The number of benzene rings is 1. The van der Waals surface area contributed by atoms with Crippen LogP contribution in [0.4, 0.5) is 0 Å². The Kier molecular flexibility index (Phi) is 4.77. The molecule has 1 fully saturated rings. The van der Waals surface area contributed by atoms with Crippen LogP contribution in [0, 0.1) is 5.92 Å². The minimum atomic E-state index is -0.213. The first-order valence-corrected chi connectivity index (χ1v) is 7.05. The molecule has 1 aromatic rings. The second kappa shape index (κ2) is 6.55. The number of esters is 1. The maximum Gasteiger partial charge on any atom is 0.310 e. The molecule has 4 nitrogen and oxygen atoms in total. The molecule has 0 bridgehead atoms. The number of likely N-dealkylation sites (tertiary alicyclic amines) is 1. The van der Waals surface area contributed by atoms with Gasteiger partial charge in [-0.25, -0.2) is 0 Å². The van der Waals surface area contributed by atoms with E-state index in [1.807, 2.05) is 37.3 Å². The number of methoxy groups -OCH3 is 1. The van der Waals surface area contributed by atoms with Gasteiger partial charge in [0.1, 0.15) is 0 Å². The lowest BCUT2D eigenvalue weighted by Crippen LogP contribution is -2.44. The van der Waals surface area contributed by atoms with Crippen LogP contribution < -0.4 is 0 Å². The van der Waals surface area contributed by atoms with Crippen LogP contribution >= 0.6 is 0 Å². The van der Waals surface area contributed by atoms with Gasteiger partial charge >= 0.3 is 5.97 Å². The SMILES string of the molecule is COC(=O)[C@H]1CCCN(C(=O)C(C)c2ccccc2)C1. The molecule has 20 heavy (non-hydrogen) atoms. The zero-order valence-corrected chi connectivity index (χ0v) is 12.0. The highest BCUT2D eigenvalue weighted by molar-refractivity contribution is 5.84. The molecule has 0 aliphatic carbocycles. The molecule has 108 valence electrons. The summed E-state index contributed by atoms with van der Waals surface area (Å²) in [6.45, 7) is 3.12. The lowest BCUT2D eigenvalue weighted by atomic mass is 9.94. The van der Waals surface area contributed by atoms with E-state index in [1.165, 1.54) is 7.11 Å². The predicted octanol–water partition coefficient (Wildman–Crippen LogP) is 2.20. The Balaban J connectivity index is 2.03. The van der Waals surface area contributed by atoms with E-state index in [0.29, 0.717) is 6.54 Å². The Labute approximate surface area is 119 Å². The maximum absolute atomic E-state index is 12.5. The van der Waals surface area contributed by atoms with E-state index >= 15 is 0 Å². The lowest BCUT2D eigenvalue weighted by Gasteiger charge is -2.33. The van der Waals surface area contributed by atoms with Crippen LogP contribution in [-0.2, 0) is 14.3 Å². The van der Waals surface area contributed by atoms with E-state index in [2.05, 4.69) is 0 Å². The van der Waals surface area contributed by atoms with Gasteiger partial charge in [-0.05, 0) is 25.3 Å². The predicted molar refractivity (Wildman–Crippen MR) is 76.2 cm³/mol. The fourth-order valence-electron chi connectivity index (χ4n) is 2.69. The molecule has 2 rings (SSSR count). The zero-order valence-electron chi connectivity index (χ0n) is 12.0. The number of amides is 1.